The molecule has 6 nitrogen and oxygen atoms in total. The van der Waals surface area contributed by atoms with Crippen molar-refractivity contribution in [2.75, 3.05) is 11.4 Å². The fraction of sp³-hybridized carbons (Fsp3) is 0.182. The van der Waals surface area contributed by atoms with Crippen LogP contribution in [-0.2, 0) is 32.9 Å². The number of carbonyl (C=O) groups excluding carboxylic acids is 3. The molecule has 1 fully saturated rings. The topological polar surface area (TPSA) is 61.6 Å². The normalized spacial score (nSPS) is 19.7. The number of thiazole rings is 1. The molecule has 0 bridgehead atoms. The Morgan fingerprint density at radius 1 is 0.846 bits per heavy atom. The van der Waals surface area contributed by atoms with Gasteiger partial charge in [-0.05, 0) is 29.3 Å². The number of rotatable bonds is 10. The van der Waals surface area contributed by atoms with Crippen molar-refractivity contribution in [3.05, 3.63) is 171 Å². The molecular formula is C44H38N3O3S2+. The quantitative estimate of drug-likeness (QED) is 0.0628. The van der Waals surface area contributed by atoms with Crippen LogP contribution in [0.1, 0.15) is 42.0 Å². The van der Waals surface area contributed by atoms with Gasteiger partial charge in [-0.25, -0.2) is 0 Å². The Bertz CT molecular complexity index is 2350. The zero-order chi connectivity index (χ0) is 36.0. The Hall–Kier alpha value is -5.31. The highest BCUT2D eigenvalue weighted by Crippen LogP contribution is 2.51. The van der Waals surface area contributed by atoms with Gasteiger partial charge in [-0.1, -0.05) is 122 Å². The van der Waals surface area contributed by atoms with Crippen molar-refractivity contribution in [3.63, 3.8) is 0 Å². The van der Waals surface area contributed by atoms with Crippen LogP contribution in [0, 0.1) is 0 Å². The van der Waals surface area contributed by atoms with Crippen molar-refractivity contribution in [2.45, 2.75) is 44.0 Å². The zero-order valence-corrected chi connectivity index (χ0v) is 30.8. The molecule has 0 saturated carbocycles. The summed E-state index contributed by atoms with van der Waals surface area (Å²) >= 11 is 2.98. The minimum Gasteiger partial charge on any atom is -0.340 e. The van der Waals surface area contributed by atoms with Crippen molar-refractivity contribution in [3.8, 4) is 0 Å². The SMILES string of the molecule is C=CCN1C(=O)CC(SC2=C(C=C3N(Cc4ccccc4)c4ccccc4C3(C)C)C(=O)C2=Cc2sc3ccccc3[n+]2Cc2ccccc2)C1=O. The van der Waals surface area contributed by atoms with Gasteiger partial charge < -0.3 is 4.90 Å². The molecule has 1 unspecified atom stereocenters. The summed E-state index contributed by atoms with van der Waals surface area (Å²) < 4.78 is 3.37. The van der Waals surface area contributed by atoms with E-state index in [9.17, 15) is 14.4 Å². The maximum Gasteiger partial charge on any atom is 0.263 e. The van der Waals surface area contributed by atoms with Gasteiger partial charge >= 0.3 is 0 Å². The number of benzene rings is 4. The third kappa shape index (κ3) is 5.95. The van der Waals surface area contributed by atoms with Gasteiger partial charge in [0.25, 0.3) is 5.01 Å². The fourth-order valence-corrected chi connectivity index (χ4v) is 9.82. The van der Waals surface area contributed by atoms with E-state index in [1.807, 2.05) is 60.7 Å². The number of amides is 2. The highest BCUT2D eigenvalue weighted by atomic mass is 32.2. The Balaban J connectivity index is 1.27. The smallest absolute Gasteiger partial charge is 0.263 e. The second kappa shape index (κ2) is 13.7. The van der Waals surface area contributed by atoms with E-state index in [-0.39, 0.29) is 30.6 Å². The molecule has 0 N–H and O–H groups in total. The molecule has 1 aromatic heterocycles. The van der Waals surface area contributed by atoms with Gasteiger partial charge in [-0.15, -0.1) is 18.3 Å². The van der Waals surface area contributed by atoms with Crippen LogP contribution in [0.3, 0.4) is 0 Å². The zero-order valence-electron chi connectivity index (χ0n) is 29.1. The molecule has 258 valence electrons. The van der Waals surface area contributed by atoms with Crippen molar-refractivity contribution in [1.82, 2.24) is 4.90 Å². The third-order valence-electron chi connectivity index (χ3n) is 10.1. The van der Waals surface area contributed by atoms with Gasteiger partial charge in [0, 0.05) is 70.1 Å². The number of nitrogens with zero attached hydrogens (tertiary/aromatic N) is 3. The largest absolute Gasteiger partial charge is 0.340 e. The number of likely N-dealkylation sites (tertiary alicyclic amines) is 1. The average Bonchev–Trinajstić information content (AvgIpc) is 3.72. The number of aromatic nitrogens is 1. The van der Waals surface area contributed by atoms with E-state index >= 15 is 0 Å². The predicted octanol–water partition coefficient (Wildman–Crippen LogP) is 8.39. The molecule has 3 heterocycles. The molecule has 0 radical (unpaired) electrons. The number of hydrogen-bond acceptors (Lipinski definition) is 6. The summed E-state index contributed by atoms with van der Waals surface area (Å²) in [6.45, 7) is 9.61. The van der Waals surface area contributed by atoms with E-state index in [1.54, 1.807) is 17.4 Å². The lowest BCUT2D eigenvalue weighted by molar-refractivity contribution is -0.659. The van der Waals surface area contributed by atoms with Crippen LogP contribution >= 0.6 is 23.1 Å². The number of fused-ring (bicyclic) bond motifs is 2. The third-order valence-corrected chi connectivity index (χ3v) is 12.5. The average molecular weight is 721 g/mol. The first kappa shape index (κ1) is 33.8. The molecule has 2 aliphatic heterocycles. The van der Waals surface area contributed by atoms with Gasteiger partial charge in [-0.2, -0.15) is 4.57 Å². The van der Waals surface area contributed by atoms with Crippen LogP contribution in [-0.4, -0.2) is 34.3 Å². The lowest BCUT2D eigenvalue weighted by Gasteiger charge is -2.31. The molecular weight excluding hydrogens is 683 g/mol. The van der Waals surface area contributed by atoms with Crippen LogP contribution in [0.5, 0.6) is 0 Å². The molecule has 8 rings (SSSR count). The molecule has 52 heavy (non-hydrogen) atoms. The molecule has 1 atom stereocenters. The van der Waals surface area contributed by atoms with E-state index < -0.39 is 10.7 Å². The van der Waals surface area contributed by atoms with Crippen molar-refractivity contribution in [1.29, 1.82) is 0 Å². The lowest BCUT2D eigenvalue weighted by Crippen LogP contribution is -2.36. The van der Waals surface area contributed by atoms with Crippen molar-refractivity contribution in [2.24, 2.45) is 0 Å². The van der Waals surface area contributed by atoms with Gasteiger partial charge in [0.1, 0.15) is 4.70 Å². The Kier molecular flexibility index (Phi) is 8.89. The molecule has 4 aromatic carbocycles. The molecule has 5 aromatic rings. The monoisotopic (exact) mass is 720 g/mol. The molecule has 1 aliphatic carbocycles. The molecule has 8 heteroatoms. The van der Waals surface area contributed by atoms with E-state index in [0.717, 1.165) is 42.6 Å². The number of anilines is 1. The number of Topliss-reactive ketones (excluding diaryl/α,β-unsaturated/α-hetero) is 1. The number of para-hydroxylation sites is 2. The summed E-state index contributed by atoms with van der Waals surface area (Å²) in [7, 11) is 0. The molecule has 0 spiro atoms. The molecule has 3 aliphatic rings. The minimum atomic E-state index is -0.625. The standard InChI is InChI=1S/C44H38N3O3S2/c1-4-23-45-39(48)26-37(43(45)50)52-42-31(24-38-44(2,3)33-19-11-12-20-34(33)46(38)27-29-15-7-5-8-16-29)41(49)32(42)25-40-47(28-30-17-9-6-10-18-30)35-21-13-14-22-36(35)51-40/h4-22,24-25,37H,1,23,26-28H2,2-3H3/q+1. The van der Waals surface area contributed by atoms with E-state index in [2.05, 4.69) is 90.6 Å². The summed E-state index contributed by atoms with van der Waals surface area (Å²) in [6.07, 6.45) is 5.68. The summed E-state index contributed by atoms with van der Waals surface area (Å²) in [6, 6.07) is 37.3. The second-order valence-corrected chi connectivity index (χ2v) is 16.1. The highest BCUT2D eigenvalue weighted by Gasteiger charge is 2.45. The first-order valence-electron chi connectivity index (χ1n) is 17.5. The van der Waals surface area contributed by atoms with Gasteiger partial charge in [0.15, 0.2) is 12.3 Å². The van der Waals surface area contributed by atoms with E-state index in [0.29, 0.717) is 24.2 Å². The fourth-order valence-electron chi connectivity index (χ4n) is 7.42. The lowest BCUT2D eigenvalue weighted by atomic mass is 9.81. The Labute approximate surface area is 312 Å². The number of carbonyl (C=O) groups is 3. The van der Waals surface area contributed by atoms with E-state index in [4.69, 9.17) is 0 Å². The first-order valence-corrected chi connectivity index (χ1v) is 19.2. The van der Waals surface area contributed by atoms with Crippen LogP contribution in [0.4, 0.5) is 5.69 Å². The first-order chi connectivity index (χ1) is 25.2. The van der Waals surface area contributed by atoms with Crippen molar-refractivity contribution >= 4 is 62.7 Å². The number of allylic oxidation sites excluding steroid dienone is 4. The second-order valence-electron chi connectivity index (χ2n) is 13.8. The number of imide groups is 1. The summed E-state index contributed by atoms with van der Waals surface area (Å²) in [5, 5.41) is 0.319. The number of thioether (sulfide) groups is 1. The van der Waals surface area contributed by atoms with Crippen molar-refractivity contribution < 1.29 is 19.0 Å². The highest BCUT2D eigenvalue weighted by molar-refractivity contribution is 8.04. The molecule has 2 amide bonds. The maximum atomic E-state index is 14.5. The van der Waals surface area contributed by atoms with E-state index in [1.165, 1.54) is 22.2 Å². The summed E-state index contributed by atoms with van der Waals surface area (Å²) in [4.78, 5) is 45.3. The maximum absolute atomic E-state index is 14.5. The van der Waals surface area contributed by atoms with Crippen LogP contribution < -0.4 is 9.47 Å². The van der Waals surface area contributed by atoms with Crippen LogP contribution in [0.25, 0.3) is 16.3 Å². The van der Waals surface area contributed by atoms with Gasteiger partial charge in [0.05, 0.1) is 5.25 Å². The molecule has 1 saturated heterocycles. The Morgan fingerprint density at radius 3 is 2.27 bits per heavy atom. The Morgan fingerprint density at radius 2 is 1.52 bits per heavy atom. The minimum absolute atomic E-state index is 0.0649. The van der Waals surface area contributed by atoms with Gasteiger partial charge in [-0.3, -0.25) is 19.3 Å². The number of hydrogen-bond donors (Lipinski definition) is 0. The summed E-state index contributed by atoms with van der Waals surface area (Å²) in [5.74, 6) is -0.524. The predicted molar refractivity (Wildman–Crippen MR) is 211 cm³/mol. The van der Waals surface area contributed by atoms with Crippen LogP contribution in [0.15, 0.2) is 150 Å². The summed E-state index contributed by atoms with van der Waals surface area (Å²) in [5.41, 5.74) is 7.48. The van der Waals surface area contributed by atoms with Gasteiger partial charge in [0.2, 0.25) is 17.3 Å². The van der Waals surface area contributed by atoms with Crippen LogP contribution in [0.2, 0.25) is 0 Å². The number of ketones is 1.